The summed E-state index contributed by atoms with van der Waals surface area (Å²) in [5, 5.41) is 3.03. The molecule has 1 aliphatic rings. The number of benzene rings is 1. The summed E-state index contributed by atoms with van der Waals surface area (Å²) in [6.07, 6.45) is 2.84. The van der Waals surface area contributed by atoms with Crippen LogP contribution in [0.3, 0.4) is 0 Å². The van der Waals surface area contributed by atoms with Crippen molar-refractivity contribution in [3.05, 3.63) is 29.8 Å². The highest BCUT2D eigenvalue weighted by atomic mass is 16.5. The summed E-state index contributed by atoms with van der Waals surface area (Å²) in [6, 6.07) is 7.96. The average molecular weight is 361 g/mol. The SMILES string of the molecule is COc1ccccc1CCCNC(=O)C1CCC(=O)N(CCN(C)C)C1. The first-order valence-corrected chi connectivity index (χ1v) is 9.33. The highest BCUT2D eigenvalue weighted by Gasteiger charge is 2.29. The maximum atomic E-state index is 12.4. The van der Waals surface area contributed by atoms with Crippen molar-refractivity contribution in [3.63, 3.8) is 0 Å². The Bertz CT molecular complexity index is 604. The van der Waals surface area contributed by atoms with Gasteiger partial charge in [-0.2, -0.15) is 0 Å². The lowest BCUT2D eigenvalue weighted by Gasteiger charge is -2.32. The number of likely N-dealkylation sites (N-methyl/N-ethyl adjacent to an activating group) is 1. The highest BCUT2D eigenvalue weighted by molar-refractivity contribution is 5.83. The van der Waals surface area contributed by atoms with E-state index in [1.54, 1.807) is 7.11 Å². The van der Waals surface area contributed by atoms with Gasteiger partial charge in [0.25, 0.3) is 0 Å². The van der Waals surface area contributed by atoms with Crippen LogP contribution in [0.15, 0.2) is 24.3 Å². The smallest absolute Gasteiger partial charge is 0.224 e. The van der Waals surface area contributed by atoms with E-state index >= 15 is 0 Å². The lowest BCUT2D eigenvalue weighted by molar-refractivity contribution is -0.138. The van der Waals surface area contributed by atoms with E-state index in [9.17, 15) is 9.59 Å². The molecule has 0 aromatic heterocycles. The first-order valence-electron chi connectivity index (χ1n) is 9.33. The number of hydrogen-bond acceptors (Lipinski definition) is 4. The fourth-order valence-corrected chi connectivity index (χ4v) is 3.21. The number of carbonyl (C=O) groups is 2. The van der Waals surface area contributed by atoms with Crippen molar-refractivity contribution < 1.29 is 14.3 Å². The van der Waals surface area contributed by atoms with E-state index in [1.807, 2.05) is 37.2 Å². The maximum Gasteiger partial charge on any atom is 0.224 e. The minimum absolute atomic E-state index is 0.0624. The fourth-order valence-electron chi connectivity index (χ4n) is 3.21. The van der Waals surface area contributed by atoms with Crippen molar-refractivity contribution in [2.75, 3.05) is 47.4 Å². The molecule has 1 saturated heterocycles. The zero-order chi connectivity index (χ0) is 18.9. The van der Waals surface area contributed by atoms with Gasteiger partial charge >= 0.3 is 0 Å². The summed E-state index contributed by atoms with van der Waals surface area (Å²) >= 11 is 0. The number of nitrogens with zero attached hydrogens (tertiary/aromatic N) is 2. The van der Waals surface area contributed by atoms with Crippen LogP contribution >= 0.6 is 0 Å². The molecule has 1 aromatic rings. The first kappa shape index (κ1) is 20.2. The molecule has 0 radical (unpaired) electrons. The Morgan fingerprint density at radius 3 is 2.85 bits per heavy atom. The van der Waals surface area contributed by atoms with Gasteiger partial charge in [0.05, 0.1) is 13.0 Å². The molecule has 1 heterocycles. The zero-order valence-corrected chi connectivity index (χ0v) is 16.2. The average Bonchev–Trinajstić information content (AvgIpc) is 2.64. The number of nitrogens with one attached hydrogen (secondary N) is 1. The van der Waals surface area contributed by atoms with Crippen LogP contribution in [0.4, 0.5) is 0 Å². The minimum atomic E-state index is -0.0962. The van der Waals surface area contributed by atoms with Crippen molar-refractivity contribution in [2.45, 2.75) is 25.7 Å². The van der Waals surface area contributed by atoms with Crippen LogP contribution in [0, 0.1) is 5.92 Å². The molecule has 1 atom stereocenters. The molecule has 1 aromatic carbocycles. The van der Waals surface area contributed by atoms with Crippen LogP contribution in [0.25, 0.3) is 0 Å². The van der Waals surface area contributed by atoms with E-state index in [2.05, 4.69) is 16.3 Å². The molecule has 1 N–H and O–H groups in total. The third-order valence-electron chi connectivity index (χ3n) is 4.80. The van der Waals surface area contributed by atoms with Crippen molar-refractivity contribution in [1.29, 1.82) is 0 Å². The van der Waals surface area contributed by atoms with Crippen LogP contribution < -0.4 is 10.1 Å². The molecule has 6 heteroatoms. The molecule has 1 unspecified atom stereocenters. The van der Waals surface area contributed by atoms with E-state index < -0.39 is 0 Å². The number of rotatable bonds is 9. The standard InChI is InChI=1S/C20H31N3O3/c1-22(2)13-14-23-15-17(10-11-19(23)24)20(25)21-12-6-8-16-7-4-5-9-18(16)26-3/h4-5,7,9,17H,6,8,10-15H2,1-3H3,(H,21,25). The van der Waals surface area contributed by atoms with Crippen molar-refractivity contribution in [2.24, 2.45) is 5.92 Å². The number of hydrogen-bond donors (Lipinski definition) is 1. The Labute approximate surface area is 156 Å². The summed E-state index contributed by atoms with van der Waals surface area (Å²) in [4.78, 5) is 28.3. The Kier molecular flexibility index (Phi) is 7.91. The fraction of sp³-hybridized carbons (Fsp3) is 0.600. The molecule has 2 rings (SSSR count). The molecule has 0 aliphatic carbocycles. The molecular weight excluding hydrogens is 330 g/mol. The number of aryl methyl sites for hydroxylation is 1. The summed E-state index contributed by atoms with van der Waals surface area (Å²) in [7, 11) is 5.65. The second kappa shape index (κ2) is 10.2. The zero-order valence-electron chi connectivity index (χ0n) is 16.2. The third kappa shape index (κ3) is 6.02. The summed E-state index contributed by atoms with van der Waals surface area (Å²) in [6.45, 7) is 2.67. The number of likely N-dealkylation sites (tertiary alicyclic amines) is 1. The second-order valence-electron chi connectivity index (χ2n) is 7.09. The molecule has 144 valence electrons. The predicted octanol–water partition coefficient (Wildman–Crippen LogP) is 1.54. The van der Waals surface area contributed by atoms with Crippen molar-refractivity contribution in [1.82, 2.24) is 15.1 Å². The molecule has 1 aliphatic heterocycles. The largest absolute Gasteiger partial charge is 0.496 e. The molecular formula is C20H31N3O3. The van der Waals surface area contributed by atoms with Crippen LogP contribution in [-0.4, -0.2) is 69.0 Å². The van der Waals surface area contributed by atoms with Crippen LogP contribution in [-0.2, 0) is 16.0 Å². The van der Waals surface area contributed by atoms with Crippen molar-refractivity contribution in [3.8, 4) is 5.75 Å². The van der Waals surface area contributed by atoms with Gasteiger partial charge in [0, 0.05) is 32.6 Å². The lowest BCUT2D eigenvalue weighted by Crippen LogP contribution is -2.47. The first-order chi connectivity index (χ1) is 12.5. The second-order valence-corrected chi connectivity index (χ2v) is 7.09. The van der Waals surface area contributed by atoms with Gasteiger partial charge in [0.15, 0.2) is 0 Å². The van der Waals surface area contributed by atoms with Crippen LogP contribution in [0.5, 0.6) is 5.75 Å². The van der Waals surface area contributed by atoms with Gasteiger partial charge < -0.3 is 19.9 Å². The third-order valence-corrected chi connectivity index (χ3v) is 4.80. The topological polar surface area (TPSA) is 61.9 Å². The Hall–Kier alpha value is -2.08. The van der Waals surface area contributed by atoms with Gasteiger partial charge in [-0.05, 0) is 45.0 Å². The number of carbonyl (C=O) groups excluding carboxylic acids is 2. The lowest BCUT2D eigenvalue weighted by atomic mass is 9.96. The van der Waals surface area contributed by atoms with Gasteiger partial charge in [0.2, 0.25) is 11.8 Å². The summed E-state index contributed by atoms with van der Waals surface area (Å²) in [5.74, 6) is 1.02. The molecule has 0 spiro atoms. The number of amides is 2. The number of para-hydroxylation sites is 1. The van der Waals surface area contributed by atoms with Gasteiger partial charge in [0.1, 0.15) is 5.75 Å². The van der Waals surface area contributed by atoms with E-state index in [-0.39, 0.29) is 17.7 Å². The number of ether oxygens (including phenoxy) is 1. The molecule has 26 heavy (non-hydrogen) atoms. The van der Waals surface area contributed by atoms with Gasteiger partial charge in [-0.25, -0.2) is 0 Å². The Morgan fingerprint density at radius 1 is 1.35 bits per heavy atom. The summed E-state index contributed by atoms with van der Waals surface area (Å²) < 4.78 is 5.35. The van der Waals surface area contributed by atoms with Gasteiger partial charge in [-0.3, -0.25) is 9.59 Å². The quantitative estimate of drug-likeness (QED) is 0.678. The van der Waals surface area contributed by atoms with E-state index in [1.165, 1.54) is 0 Å². The van der Waals surface area contributed by atoms with E-state index in [0.29, 0.717) is 32.5 Å². The van der Waals surface area contributed by atoms with E-state index in [0.717, 1.165) is 30.7 Å². The predicted molar refractivity (Wildman–Crippen MR) is 102 cm³/mol. The molecule has 0 bridgehead atoms. The van der Waals surface area contributed by atoms with Crippen LogP contribution in [0.1, 0.15) is 24.8 Å². The molecule has 1 fully saturated rings. The number of piperidine rings is 1. The monoisotopic (exact) mass is 361 g/mol. The number of methoxy groups -OCH3 is 1. The van der Waals surface area contributed by atoms with Gasteiger partial charge in [-0.15, -0.1) is 0 Å². The Balaban J connectivity index is 1.74. The maximum absolute atomic E-state index is 12.4. The Morgan fingerprint density at radius 2 is 2.12 bits per heavy atom. The summed E-state index contributed by atoms with van der Waals surface area (Å²) in [5.41, 5.74) is 1.15. The molecule has 2 amide bonds. The van der Waals surface area contributed by atoms with Crippen molar-refractivity contribution >= 4 is 11.8 Å². The van der Waals surface area contributed by atoms with Crippen LogP contribution in [0.2, 0.25) is 0 Å². The van der Waals surface area contributed by atoms with Gasteiger partial charge in [-0.1, -0.05) is 18.2 Å². The normalized spacial score (nSPS) is 17.5. The highest BCUT2D eigenvalue weighted by Crippen LogP contribution is 2.19. The minimum Gasteiger partial charge on any atom is -0.496 e. The van der Waals surface area contributed by atoms with E-state index in [4.69, 9.17) is 4.74 Å². The molecule has 6 nitrogen and oxygen atoms in total. The molecule has 0 saturated carbocycles.